The molecule has 20 heavy (non-hydrogen) atoms. The van der Waals surface area contributed by atoms with E-state index in [1.807, 2.05) is 23.6 Å². The number of anilines is 1. The topological polar surface area (TPSA) is 51.2 Å². The van der Waals surface area contributed by atoms with Crippen LogP contribution >= 0.6 is 27.3 Å². The molecule has 106 valence electrons. The molecule has 0 unspecified atom stereocenters. The summed E-state index contributed by atoms with van der Waals surface area (Å²) in [5.74, 6) is -0.240. The average molecular weight is 355 g/mol. The van der Waals surface area contributed by atoms with E-state index < -0.39 is 0 Å². The van der Waals surface area contributed by atoms with Crippen LogP contribution in [0, 0.1) is 0 Å². The Kier molecular flexibility index (Phi) is 5.55. The molecule has 0 saturated heterocycles. The first-order chi connectivity index (χ1) is 9.67. The third-order valence-electron chi connectivity index (χ3n) is 2.52. The maximum absolute atomic E-state index is 11.4. The second kappa shape index (κ2) is 7.40. The van der Waals surface area contributed by atoms with Crippen LogP contribution in [-0.2, 0) is 22.5 Å². The lowest BCUT2D eigenvalue weighted by atomic mass is 10.2. The predicted molar refractivity (Wildman–Crippen MR) is 83.9 cm³/mol. The Morgan fingerprint density at radius 2 is 2.35 bits per heavy atom. The molecule has 1 aromatic carbocycles. The van der Waals surface area contributed by atoms with Crippen molar-refractivity contribution in [3.63, 3.8) is 0 Å². The van der Waals surface area contributed by atoms with Crippen molar-refractivity contribution >= 4 is 38.4 Å². The van der Waals surface area contributed by atoms with Gasteiger partial charge in [0.05, 0.1) is 18.7 Å². The summed E-state index contributed by atoms with van der Waals surface area (Å²) in [6.45, 7) is 2.90. The Labute approximate surface area is 130 Å². The fourth-order valence-corrected chi connectivity index (χ4v) is 2.81. The Morgan fingerprint density at radius 3 is 3.10 bits per heavy atom. The van der Waals surface area contributed by atoms with Gasteiger partial charge in [0.2, 0.25) is 0 Å². The number of benzene rings is 1. The number of nitrogens with one attached hydrogen (secondary N) is 1. The number of esters is 1. The number of carbonyl (C=O) groups is 1. The lowest BCUT2D eigenvalue weighted by molar-refractivity contribution is -0.142. The second-order valence-electron chi connectivity index (χ2n) is 4.11. The summed E-state index contributed by atoms with van der Waals surface area (Å²) in [5.41, 5.74) is 1.91. The van der Waals surface area contributed by atoms with E-state index in [-0.39, 0.29) is 12.4 Å². The fourth-order valence-electron chi connectivity index (χ4n) is 1.65. The van der Waals surface area contributed by atoms with Crippen LogP contribution < -0.4 is 5.32 Å². The van der Waals surface area contributed by atoms with Gasteiger partial charge in [0.15, 0.2) is 5.13 Å². The quantitative estimate of drug-likeness (QED) is 0.804. The van der Waals surface area contributed by atoms with E-state index in [2.05, 4.69) is 32.3 Å². The van der Waals surface area contributed by atoms with Gasteiger partial charge >= 0.3 is 5.97 Å². The highest BCUT2D eigenvalue weighted by atomic mass is 79.9. The van der Waals surface area contributed by atoms with Crippen LogP contribution in [0.3, 0.4) is 0 Å². The van der Waals surface area contributed by atoms with Crippen molar-refractivity contribution in [3.05, 3.63) is 45.4 Å². The first-order valence-corrected chi connectivity index (χ1v) is 7.93. The third kappa shape index (κ3) is 4.61. The Hall–Kier alpha value is -1.40. The Balaban J connectivity index is 1.88. The molecule has 0 aliphatic heterocycles. The van der Waals surface area contributed by atoms with Gasteiger partial charge in [-0.1, -0.05) is 28.1 Å². The van der Waals surface area contributed by atoms with Crippen LogP contribution in [-0.4, -0.2) is 17.6 Å². The van der Waals surface area contributed by atoms with E-state index >= 15 is 0 Å². The highest BCUT2D eigenvalue weighted by Crippen LogP contribution is 2.18. The fraction of sp³-hybridized carbons (Fsp3) is 0.286. The van der Waals surface area contributed by atoms with Crippen molar-refractivity contribution < 1.29 is 9.53 Å². The van der Waals surface area contributed by atoms with Gasteiger partial charge in [-0.3, -0.25) is 4.79 Å². The summed E-state index contributed by atoms with van der Waals surface area (Å²) in [6, 6.07) is 8.09. The largest absolute Gasteiger partial charge is 0.466 e. The standard InChI is InChI=1S/C14H15BrN2O2S/c1-2-19-13(18)7-12-9-20-14(17-12)16-8-10-4-3-5-11(15)6-10/h3-6,9H,2,7-8H2,1H3,(H,16,17). The molecule has 4 nitrogen and oxygen atoms in total. The molecule has 1 N–H and O–H groups in total. The molecular weight excluding hydrogens is 340 g/mol. The van der Waals surface area contributed by atoms with Crippen LogP contribution in [0.5, 0.6) is 0 Å². The van der Waals surface area contributed by atoms with E-state index in [0.717, 1.165) is 15.3 Å². The number of halogens is 1. The van der Waals surface area contributed by atoms with E-state index in [9.17, 15) is 4.79 Å². The molecule has 0 spiro atoms. The Bertz CT molecular complexity index is 586. The van der Waals surface area contributed by atoms with Gasteiger partial charge in [-0.15, -0.1) is 11.3 Å². The van der Waals surface area contributed by atoms with Crippen LogP contribution in [0.15, 0.2) is 34.1 Å². The van der Waals surface area contributed by atoms with Crippen LogP contribution in [0.2, 0.25) is 0 Å². The maximum atomic E-state index is 11.4. The van der Waals surface area contributed by atoms with Gasteiger partial charge in [-0.25, -0.2) is 4.98 Å². The number of ether oxygens (including phenoxy) is 1. The molecule has 0 aliphatic carbocycles. The number of nitrogens with zero attached hydrogens (tertiary/aromatic N) is 1. The number of aromatic nitrogens is 1. The summed E-state index contributed by atoms with van der Waals surface area (Å²) < 4.78 is 5.95. The molecule has 0 amide bonds. The molecule has 0 atom stereocenters. The van der Waals surface area contributed by atoms with Crippen LogP contribution in [0.25, 0.3) is 0 Å². The predicted octanol–water partition coefficient (Wildman–Crippen LogP) is 3.62. The van der Waals surface area contributed by atoms with Crippen molar-refractivity contribution in [2.45, 2.75) is 19.9 Å². The second-order valence-corrected chi connectivity index (χ2v) is 5.88. The minimum Gasteiger partial charge on any atom is -0.466 e. The van der Waals surface area contributed by atoms with E-state index in [4.69, 9.17) is 4.74 Å². The van der Waals surface area contributed by atoms with Crippen molar-refractivity contribution in [2.24, 2.45) is 0 Å². The van der Waals surface area contributed by atoms with Gasteiger partial charge in [-0.2, -0.15) is 0 Å². The molecule has 0 radical (unpaired) electrons. The normalized spacial score (nSPS) is 10.3. The Morgan fingerprint density at radius 1 is 1.50 bits per heavy atom. The number of hydrogen-bond donors (Lipinski definition) is 1. The smallest absolute Gasteiger partial charge is 0.311 e. The summed E-state index contributed by atoms with van der Waals surface area (Å²) >= 11 is 4.93. The average Bonchev–Trinajstić information content (AvgIpc) is 2.84. The number of rotatable bonds is 6. The van der Waals surface area contributed by atoms with E-state index in [1.165, 1.54) is 16.9 Å². The van der Waals surface area contributed by atoms with Crippen molar-refractivity contribution in [2.75, 3.05) is 11.9 Å². The zero-order chi connectivity index (χ0) is 14.4. The first-order valence-electron chi connectivity index (χ1n) is 6.25. The summed E-state index contributed by atoms with van der Waals surface area (Å²) in [6.07, 6.45) is 0.225. The number of hydrogen-bond acceptors (Lipinski definition) is 5. The maximum Gasteiger partial charge on any atom is 0.311 e. The zero-order valence-electron chi connectivity index (χ0n) is 11.1. The summed E-state index contributed by atoms with van der Waals surface area (Å²) in [7, 11) is 0. The van der Waals surface area contributed by atoms with Crippen molar-refractivity contribution in [1.82, 2.24) is 4.98 Å². The molecule has 1 aromatic heterocycles. The van der Waals surface area contributed by atoms with Crippen molar-refractivity contribution in [3.8, 4) is 0 Å². The van der Waals surface area contributed by atoms with Gasteiger partial charge in [0.25, 0.3) is 0 Å². The SMILES string of the molecule is CCOC(=O)Cc1csc(NCc2cccc(Br)c2)n1. The minimum atomic E-state index is -0.240. The monoisotopic (exact) mass is 354 g/mol. The molecule has 0 bridgehead atoms. The van der Waals surface area contributed by atoms with Gasteiger partial charge in [0.1, 0.15) is 0 Å². The first kappa shape index (κ1) is 15.0. The molecule has 6 heteroatoms. The summed E-state index contributed by atoms with van der Waals surface area (Å²) in [4.78, 5) is 15.7. The zero-order valence-corrected chi connectivity index (χ0v) is 13.5. The molecule has 2 aromatic rings. The molecule has 2 rings (SSSR count). The minimum absolute atomic E-state index is 0.225. The molecule has 0 saturated carbocycles. The molecular formula is C14H15BrN2O2S. The van der Waals surface area contributed by atoms with E-state index in [1.54, 1.807) is 6.92 Å². The number of carbonyl (C=O) groups excluding carboxylic acids is 1. The van der Waals surface area contributed by atoms with E-state index in [0.29, 0.717) is 13.2 Å². The van der Waals surface area contributed by atoms with Crippen LogP contribution in [0.4, 0.5) is 5.13 Å². The van der Waals surface area contributed by atoms with Crippen LogP contribution in [0.1, 0.15) is 18.2 Å². The van der Waals surface area contributed by atoms with Gasteiger partial charge < -0.3 is 10.1 Å². The van der Waals surface area contributed by atoms with Crippen molar-refractivity contribution in [1.29, 1.82) is 0 Å². The summed E-state index contributed by atoms with van der Waals surface area (Å²) in [5, 5.41) is 5.93. The molecule has 0 fully saturated rings. The highest BCUT2D eigenvalue weighted by molar-refractivity contribution is 9.10. The number of thiazole rings is 1. The van der Waals surface area contributed by atoms with Gasteiger partial charge in [-0.05, 0) is 24.6 Å². The lowest BCUT2D eigenvalue weighted by Gasteiger charge is -2.03. The van der Waals surface area contributed by atoms with Gasteiger partial charge in [0, 0.05) is 16.4 Å². The molecule has 0 aliphatic rings. The highest BCUT2D eigenvalue weighted by Gasteiger charge is 2.08. The third-order valence-corrected chi connectivity index (χ3v) is 3.86. The lowest BCUT2D eigenvalue weighted by Crippen LogP contribution is -2.07. The molecule has 1 heterocycles.